The second-order valence-electron chi connectivity index (χ2n) is 6.79. The van der Waals surface area contributed by atoms with E-state index < -0.39 is 0 Å². The molecule has 1 aromatic heterocycles. The molecule has 2 fully saturated rings. The van der Waals surface area contributed by atoms with Gasteiger partial charge in [0.15, 0.2) is 0 Å². The van der Waals surface area contributed by atoms with E-state index in [-0.39, 0.29) is 11.9 Å². The minimum absolute atomic E-state index is 0.0246. The van der Waals surface area contributed by atoms with E-state index in [2.05, 4.69) is 15.2 Å². The summed E-state index contributed by atoms with van der Waals surface area (Å²) < 4.78 is 5.69. The van der Waals surface area contributed by atoms with E-state index in [9.17, 15) is 4.79 Å². The molecule has 0 radical (unpaired) electrons. The molecule has 3 heterocycles. The smallest absolute Gasteiger partial charge is 0.251 e. The second-order valence-corrected chi connectivity index (χ2v) is 7.22. The van der Waals surface area contributed by atoms with Crippen molar-refractivity contribution >= 4 is 17.5 Å². The summed E-state index contributed by atoms with van der Waals surface area (Å²) in [6, 6.07) is 9.07. The van der Waals surface area contributed by atoms with Crippen LogP contribution in [0.4, 0.5) is 0 Å². The Labute approximate surface area is 152 Å². The third-order valence-corrected chi connectivity index (χ3v) is 5.04. The number of hydrogen-bond donors (Lipinski definition) is 1. The number of nitrogens with one attached hydrogen (secondary N) is 1. The number of ether oxygens (including phenoxy) is 1. The Morgan fingerprint density at radius 1 is 1.20 bits per heavy atom. The largest absolute Gasteiger partial charge is 0.456 e. The van der Waals surface area contributed by atoms with E-state index in [1.54, 1.807) is 42.7 Å². The number of fused-ring (bicyclic) bond motifs is 2. The van der Waals surface area contributed by atoms with Gasteiger partial charge in [-0.2, -0.15) is 0 Å². The summed E-state index contributed by atoms with van der Waals surface area (Å²) in [5.41, 5.74) is 0.643. The molecule has 2 aromatic rings. The minimum Gasteiger partial charge on any atom is -0.456 e. The summed E-state index contributed by atoms with van der Waals surface area (Å²) >= 11 is 5.90. The Bertz CT molecular complexity index is 754. The number of nitrogens with zero attached hydrogens (tertiary/aromatic N) is 2. The van der Waals surface area contributed by atoms with Crippen LogP contribution < -0.4 is 10.1 Å². The van der Waals surface area contributed by atoms with E-state index in [0.29, 0.717) is 22.1 Å². The van der Waals surface area contributed by atoms with Crippen molar-refractivity contribution in [1.82, 2.24) is 15.2 Å². The fourth-order valence-electron chi connectivity index (χ4n) is 3.69. The van der Waals surface area contributed by atoms with Crippen LogP contribution in [0.1, 0.15) is 23.2 Å². The summed E-state index contributed by atoms with van der Waals surface area (Å²) in [6.45, 7) is 3.32. The van der Waals surface area contributed by atoms with Crippen molar-refractivity contribution in [2.75, 3.05) is 19.6 Å². The van der Waals surface area contributed by atoms with Gasteiger partial charge >= 0.3 is 0 Å². The van der Waals surface area contributed by atoms with Crippen LogP contribution >= 0.6 is 11.6 Å². The Balaban J connectivity index is 1.37. The lowest BCUT2D eigenvalue weighted by Crippen LogP contribution is -2.46. The molecule has 0 saturated carbocycles. The summed E-state index contributed by atoms with van der Waals surface area (Å²) in [7, 11) is 0. The number of piperidine rings is 1. The highest BCUT2D eigenvalue weighted by atomic mass is 35.5. The number of carbonyl (C=O) groups is 1. The van der Waals surface area contributed by atoms with Gasteiger partial charge in [-0.3, -0.25) is 9.78 Å². The standard InChI is InChI=1S/C19H20ClN3O2/c20-15-8-18(10-21-9-15)25-17-3-1-14(2-4-17)19(24)22-16-7-13-5-6-23(11-13)12-16/h1-4,8-10,13,16H,5-7,11-12H2,(H,22,24). The van der Waals surface area contributed by atoms with Crippen molar-refractivity contribution in [2.45, 2.75) is 18.9 Å². The first-order valence-corrected chi connectivity index (χ1v) is 8.95. The molecule has 130 valence electrons. The minimum atomic E-state index is -0.0246. The van der Waals surface area contributed by atoms with Gasteiger partial charge in [0.2, 0.25) is 0 Å². The van der Waals surface area contributed by atoms with E-state index in [1.807, 2.05) is 0 Å². The molecular weight excluding hydrogens is 338 g/mol. The number of amides is 1. The monoisotopic (exact) mass is 357 g/mol. The quantitative estimate of drug-likeness (QED) is 0.911. The summed E-state index contributed by atoms with van der Waals surface area (Å²) in [6.07, 6.45) is 5.50. The fourth-order valence-corrected chi connectivity index (χ4v) is 3.86. The lowest BCUT2D eigenvalue weighted by atomic mass is 9.96. The van der Waals surface area contributed by atoms with Gasteiger partial charge in [0.25, 0.3) is 5.91 Å². The molecule has 0 spiro atoms. The fraction of sp³-hybridized carbons (Fsp3) is 0.368. The molecule has 25 heavy (non-hydrogen) atoms. The molecule has 2 saturated heterocycles. The van der Waals surface area contributed by atoms with Crippen LogP contribution in [0.25, 0.3) is 0 Å². The molecule has 2 bridgehead atoms. The highest BCUT2D eigenvalue weighted by molar-refractivity contribution is 6.30. The van der Waals surface area contributed by atoms with Crippen molar-refractivity contribution in [2.24, 2.45) is 5.92 Å². The van der Waals surface area contributed by atoms with Crippen LogP contribution in [0.5, 0.6) is 11.5 Å². The Hall–Kier alpha value is -2.11. The van der Waals surface area contributed by atoms with Gasteiger partial charge in [0, 0.05) is 37.0 Å². The van der Waals surface area contributed by atoms with Gasteiger partial charge in [-0.05, 0) is 49.6 Å². The Morgan fingerprint density at radius 2 is 2.04 bits per heavy atom. The molecule has 6 heteroatoms. The molecule has 1 aromatic carbocycles. The molecular formula is C19H20ClN3O2. The predicted molar refractivity (Wildman–Crippen MR) is 96.2 cm³/mol. The first-order chi connectivity index (χ1) is 12.2. The third-order valence-electron chi connectivity index (χ3n) is 4.83. The third kappa shape index (κ3) is 3.94. The maximum Gasteiger partial charge on any atom is 0.251 e. The van der Waals surface area contributed by atoms with Crippen LogP contribution in [0.2, 0.25) is 5.02 Å². The highest BCUT2D eigenvalue weighted by Crippen LogP contribution is 2.27. The number of hydrogen-bond acceptors (Lipinski definition) is 4. The lowest BCUT2D eigenvalue weighted by Gasteiger charge is -2.30. The van der Waals surface area contributed by atoms with Crippen LogP contribution in [0, 0.1) is 5.92 Å². The van der Waals surface area contributed by atoms with Crippen LogP contribution in [0.3, 0.4) is 0 Å². The van der Waals surface area contributed by atoms with Crippen molar-refractivity contribution < 1.29 is 9.53 Å². The average molecular weight is 358 g/mol. The number of carbonyl (C=O) groups excluding carboxylic acids is 1. The normalized spacial score (nSPS) is 24.8. The van der Waals surface area contributed by atoms with Gasteiger partial charge in [-0.1, -0.05) is 11.6 Å². The number of aromatic nitrogens is 1. The molecule has 2 aliphatic heterocycles. The van der Waals surface area contributed by atoms with E-state index >= 15 is 0 Å². The maximum absolute atomic E-state index is 12.5. The zero-order chi connectivity index (χ0) is 17.2. The van der Waals surface area contributed by atoms with Crippen LogP contribution in [-0.2, 0) is 0 Å². The van der Waals surface area contributed by atoms with E-state index in [1.165, 1.54) is 19.5 Å². The lowest BCUT2D eigenvalue weighted by molar-refractivity contribution is 0.0909. The SMILES string of the molecule is O=C(NC1CC2CCN(C2)C1)c1ccc(Oc2cncc(Cl)c2)cc1. The Kier molecular flexibility index (Phi) is 4.59. The van der Waals surface area contributed by atoms with Gasteiger partial charge in [-0.15, -0.1) is 0 Å². The first-order valence-electron chi connectivity index (χ1n) is 8.57. The molecule has 1 amide bonds. The topological polar surface area (TPSA) is 54.5 Å². The van der Waals surface area contributed by atoms with Gasteiger partial charge in [0.1, 0.15) is 11.5 Å². The molecule has 0 aliphatic carbocycles. The van der Waals surface area contributed by atoms with Gasteiger partial charge < -0.3 is 15.0 Å². The zero-order valence-electron chi connectivity index (χ0n) is 13.8. The maximum atomic E-state index is 12.5. The van der Waals surface area contributed by atoms with Gasteiger partial charge in [-0.25, -0.2) is 0 Å². The number of pyridine rings is 1. The molecule has 5 nitrogen and oxygen atoms in total. The second kappa shape index (κ2) is 7.02. The van der Waals surface area contributed by atoms with Crippen molar-refractivity contribution in [3.8, 4) is 11.5 Å². The Morgan fingerprint density at radius 3 is 2.80 bits per heavy atom. The molecule has 3 unspecified atom stereocenters. The van der Waals surface area contributed by atoms with Crippen molar-refractivity contribution in [1.29, 1.82) is 0 Å². The zero-order valence-corrected chi connectivity index (χ0v) is 14.6. The number of halogens is 1. The van der Waals surface area contributed by atoms with E-state index in [4.69, 9.17) is 16.3 Å². The highest BCUT2D eigenvalue weighted by Gasteiger charge is 2.32. The number of benzene rings is 1. The van der Waals surface area contributed by atoms with E-state index in [0.717, 1.165) is 18.9 Å². The number of rotatable bonds is 4. The molecule has 4 rings (SSSR count). The molecule has 1 N–H and O–H groups in total. The summed E-state index contributed by atoms with van der Waals surface area (Å²) in [4.78, 5) is 18.9. The summed E-state index contributed by atoms with van der Waals surface area (Å²) in [5, 5.41) is 3.68. The summed E-state index contributed by atoms with van der Waals surface area (Å²) in [5.74, 6) is 1.92. The van der Waals surface area contributed by atoms with Crippen molar-refractivity contribution in [3.05, 3.63) is 53.3 Å². The average Bonchev–Trinajstić information content (AvgIpc) is 2.94. The van der Waals surface area contributed by atoms with Gasteiger partial charge in [0.05, 0.1) is 11.2 Å². The van der Waals surface area contributed by atoms with Crippen LogP contribution in [0.15, 0.2) is 42.7 Å². The molecule has 3 atom stereocenters. The predicted octanol–water partition coefficient (Wildman–Crippen LogP) is 3.35. The van der Waals surface area contributed by atoms with Crippen molar-refractivity contribution in [3.63, 3.8) is 0 Å². The van der Waals surface area contributed by atoms with Crippen LogP contribution in [-0.4, -0.2) is 41.5 Å². The first kappa shape index (κ1) is 16.4. The molecule has 2 aliphatic rings.